The average molecular weight is 348 g/mol. The molecular formula is C17H20N2O2S2. The van der Waals surface area contributed by atoms with E-state index in [2.05, 4.69) is 34.9 Å². The number of hydrogen-bond acceptors (Lipinski definition) is 4. The van der Waals surface area contributed by atoms with Gasteiger partial charge in [0.05, 0.1) is 6.10 Å². The minimum atomic E-state index is -0.656. The molecule has 0 radical (unpaired) electrons. The van der Waals surface area contributed by atoms with Crippen LogP contribution in [-0.4, -0.2) is 30.0 Å². The Balaban J connectivity index is 1.46. The Morgan fingerprint density at radius 2 is 2.17 bits per heavy atom. The molecular weight excluding hydrogens is 328 g/mol. The second-order valence-electron chi connectivity index (χ2n) is 5.47. The summed E-state index contributed by atoms with van der Waals surface area (Å²) in [5, 5.41) is 19.7. The zero-order chi connectivity index (χ0) is 16.1. The minimum absolute atomic E-state index is 0.219. The lowest BCUT2D eigenvalue weighted by Gasteiger charge is -2.25. The van der Waals surface area contributed by atoms with E-state index in [4.69, 9.17) is 0 Å². The molecule has 23 heavy (non-hydrogen) atoms. The number of hydrogen-bond donors (Lipinski definition) is 3. The molecule has 1 aliphatic rings. The number of nitrogens with one attached hydrogen (secondary N) is 2. The molecule has 1 aromatic carbocycles. The number of carbonyl (C=O) groups excluding carboxylic acids is 1. The van der Waals surface area contributed by atoms with Gasteiger partial charge in [-0.15, -0.1) is 0 Å². The van der Waals surface area contributed by atoms with Crippen LogP contribution in [0.3, 0.4) is 0 Å². The van der Waals surface area contributed by atoms with Crippen LogP contribution in [-0.2, 0) is 6.42 Å². The highest BCUT2D eigenvalue weighted by Crippen LogP contribution is 2.35. The third-order valence-electron chi connectivity index (χ3n) is 3.92. The molecule has 1 aliphatic heterocycles. The number of urea groups is 1. The molecule has 0 fully saturated rings. The predicted molar refractivity (Wildman–Crippen MR) is 96.0 cm³/mol. The van der Waals surface area contributed by atoms with Gasteiger partial charge in [0, 0.05) is 18.3 Å². The number of thiophene rings is 1. The molecule has 6 heteroatoms. The molecule has 1 aromatic heterocycles. The fourth-order valence-electron chi connectivity index (χ4n) is 2.67. The SMILES string of the molecule is O=C(NCC(O)c1ccsc1)NCC1SCCc2ccccc21. The third-order valence-corrected chi connectivity index (χ3v) is 5.89. The largest absolute Gasteiger partial charge is 0.387 e. The van der Waals surface area contributed by atoms with Crippen molar-refractivity contribution in [3.05, 3.63) is 57.8 Å². The first-order valence-corrected chi connectivity index (χ1v) is 9.64. The lowest BCUT2D eigenvalue weighted by molar-refractivity contribution is 0.173. The fourth-order valence-corrected chi connectivity index (χ4v) is 4.61. The van der Waals surface area contributed by atoms with E-state index in [1.807, 2.05) is 28.6 Å². The predicted octanol–water partition coefficient (Wildman–Crippen LogP) is 3.11. The highest BCUT2D eigenvalue weighted by molar-refractivity contribution is 7.99. The first kappa shape index (κ1) is 16.4. The Hall–Kier alpha value is -1.50. The van der Waals surface area contributed by atoms with Crippen LogP contribution < -0.4 is 10.6 Å². The van der Waals surface area contributed by atoms with Crippen LogP contribution >= 0.6 is 23.1 Å². The van der Waals surface area contributed by atoms with Crippen LogP contribution in [0.4, 0.5) is 4.79 Å². The highest BCUT2D eigenvalue weighted by atomic mass is 32.2. The van der Waals surface area contributed by atoms with Gasteiger partial charge in [0.2, 0.25) is 0 Å². The van der Waals surface area contributed by atoms with Crippen molar-refractivity contribution in [2.75, 3.05) is 18.8 Å². The van der Waals surface area contributed by atoms with Crippen molar-refractivity contribution in [2.24, 2.45) is 0 Å². The van der Waals surface area contributed by atoms with Gasteiger partial charge in [-0.3, -0.25) is 0 Å². The van der Waals surface area contributed by atoms with Crippen LogP contribution in [0.5, 0.6) is 0 Å². The molecule has 3 N–H and O–H groups in total. The number of fused-ring (bicyclic) bond motifs is 1. The maximum Gasteiger partial charge on any atom is 0.314 e. The molecule has 0 bridgehead atoms. The number of carbonyl (C=O) groups is 1. The number of aliphatic hydroxyl groups is 1. The van der Waals surface area contributed by atoms with Crippen molar-refractivity contribution >= 4 is 29.1 Å². The van der Waals surface area contributed by atoms with Gasteiger partial charge in [-0.05, 0) is 45.7 Å². The monoisotopic (exact) mass is 348 g/mol. The molecule has 0 aliphatic carbocycles. The first-order chi connectivity index (χ1) is 11.2. The van der Waals surface area contributed by atoms with E-state index in [-0.39, 0.29) is 12.6 Å². The summed E-state index contributed by atoms with van der Waals surface area (Å²) in [5.74, 6) is 1.09. The Morgan fingerprint density at radius 3 is 3.00 bits per heavy atom. The molecule has 0 spiro atoms. The Bertz CT molecular complexity index is 646. The number of thioether (sulfide) groups is 1. The Morgan fingerprint density at radius 1 is 1.30 bits per heavy atom. The standard InChI is InChI=1S/C17H20N2O2S2/c20-15(13-5-7-22-11-13)9-18-17(21)19-10-16-14-4-2-1-3-12(14)6-8-23-16/h1-5,7,11,15-16,20H,6,8-10H2,(H2,18,19,21). The summed E-state index contributed by atoms with van der Waals surface area (Å²) >= 11 is 3.41. The van der Waals surface area contributed by atoms with Gasteiger partial charge in [0.25, 0.3) is 0 Å². The van der Waals surface area contributed by atoms with E-state index < -0.39 is 6.10 Å². The topological polar surface area (TPSA) is 61.4 Å². The summed E-state index contributed by atoms with van der Waals surface area (Å²) in [4.78, 5) is 11.9. The summed E-state index contributed by atoms with van der Waals surface area (Å²) in [7, 11) is 0. The number of rotatable bonds is 5. The summed E-state index contributed by atoms with van der Waals surface area (Å²) in [6.07, 6.45) is 0.438. The lowest BCUT2D eigenvalue weighted by atomic mass is 10.0. The minimum Gasteiger partial charge on any atom is -0.387 e. The van der Waals surface area contributed by atoms with E-state index in [0.29, 0.717) is 11.8 Å². The third kappa shape index (κ3) is 4.28. The second kappa shape index (κ2) is 7.86. The molecule has 2 atom stereocenters. The number of amides is 2. The maximum absolute atomic E-state index is 11.9. The molecule has 0 saturated heterocycles. The molecule has 2 amide bonds. The molecule has 2 unspecified atom stereocenters. The molecule has 2 heterocycles. The fraction of sp³-hybridized carbons (Fsp3) is 0.353. The van der Waals surface area contributed by atoms with Crippen LogP contribution in [0.2, 0.25) is 0 Å². The van der Waals surface area contributed by atoms with Gasteiger partial charge in [0.1, 0.15) is 0 Å². The summed E-state index contributed by atoms with van der Waals surface area (Å²) < 4.78 is 0. The van der Waals surface area contributed by atoms with Crippen LogP contribution in [0, 0.1) is 0 Å². The lowest BCUT2D eigenvalue weighted by Crippen LogP contribution is -2.39. The Labute approximate surface area is 144 Å². The van der Waals surface area contributed by atoms with Crippen LogP contribution in [0.15, 0.2) is 41.1 Å². The zero-order valence-corrected chi connectivity index (χ0v) is 14.3. The number of benzene rings is 1. The van der Waals surface area contributed by atoms with Crippen molar-refractivity contribution in [3.8, 4) is 0 Å². The second-order valence-corrected chi connectivity index (χ2v) is 7.56. The van der Waals surface area contributed by atoms with Crippen molar-refractivity contribution in [3.63, 3.8) is 0 Å². The zero-order valence-electron chi connectivity index (χ0n) is 12.7. The van der Waals surface area contributed by atoms with Crippen molar-refractivity contribution in [1.29, 1.82) is 0 Å². The number of aliphatic hydroxyl groups excluding tert-OH is 1. The Kier molecular flexibility index (Phi) is 5.59. The smallest absolute Gasteiger partial charge is 0.314 e. The van der Waals surface area contributed by atoms with Gasteiger partial charge in [0.15, 0.2) is 0 Å². The van der Waals surface area contributed by atoms with Crippen molar-refractivity contribution < 1.29 is 9.90 Å². The van der Waals surface area contributed by atoms with E-state index >= 15 is 0 Å². The first-order valence-electron chi connectivity index (χ1n) is 7.65. The summed E-state index contributed by atoms with van der Waals surface area (Å²) in [6.45, 7) is 0.818. The van der Waals surface area contributed by atoms with Gasteiger partial charge >= 0.3 is 6.03 Å². The van der Waals surface area contributed by atoms with Crippen LogP contribution in [0.1, 0.15) is 28.0 Å². The average Bonchev–Trinajstić information content (AvgIpc) is 3.12. The molecule has 4 nitrogen and oxygen atoms in total. The summed E-state index contributed by atoms with van der Waals surface area (Å²) in [6, 6.07) is 10.1. The molecule has 0 saturated carbocycles. The number of aryl methyl sites for hydroxylation is 1. The normalized spacial score (nSPS) is 18.0. The van der Waals surface area contributed by atoms with E-state index in [0.717, 1.165) is 17.7 Å². The summed E-state index contributed by atoms with van der Waals surface area (Å²) in [5.41, 5.74) is 3.54. The van der Waals surface area contributed by atoms with E-state index in [9.17, 15) is 9.90 Å². The van der Waals surface area contributed by atoms with E-state index in [1.165, 1.54) is 22.5 Å². The van der Waals surface area contributed by atoms with Gasteiger partial charge < -0.3 is 15.7 Å². The quantitative estimate of drug-likeness (QED) is 0.778. The van der Waals surface area contributed by atoms with Gasteiger partial charge in [-0.1, -0.05) is 24.3 Å². The molecule has 3 rings (SSSR count). The van der Waals surface area contributed by atoms with Crippen molar-refractivity contribution in [1.82, 2.24) is 10.6 Å². The molecule has 2 aromatic rings. The highest BCUT2D eigenvalue weighted by Gasteiger charge is 2.20. The molecule has 122 valence electrons. The van der Waals surface area contributed by atoms with E-state index in [1.54, 1.807) is 0 Å². The maximum atomic E-state index is 11.9. The van der Waals surface area contributed by atoms with Gasteiger partial charge in [-0.25, -0.2) is 4.79 Å². The van der Waals surface area contributed by atoms with Crippen LogP contribution in [0.25, 0.3) is 0 Å². The van der Waals surface area contributed by atoms with Crippen molar-refractivity contribution in [2.45, 2.75) is 17.8 Å². The van der Waals surface area contributed by atoms with Gasteiger partial charge in [-0.2, -0.15) is 23.1 Å².